The van der Waals surface area contributed by atoms with Crippen LogP contribution in [0.5, 0.6) is 0 Å². The maximum absolute atomic E-state index is 9.98. The zero-order valence-electron chi connectivity index (χ0n) is 4.35. The Hall–Kier alpha value is -1.17. The fourth-order valence-electron chi connectivity index (χ4n) is 0.420. The Morgan fingerprint density at radius 1 is 1.89 bits per heavy atom. The average Bonchev–Trinajstić information content (AvgIpc) is 2.13. The van der Waals surface area contributed by atoms with Gasteiger partial charge in [0.1, 0.15) is 0 Å². The van der Waals surface area contributed by atoms with Gasteiger partial charge in [-0.05, 0) is 11.3 Å². The molecule has 0 spiro atoms. The van der Waals surface area contributed by atoms with Gasteiger partial charge >= 0.3 is 4.80 Å². The Bertz CT molecular complexity index is 275. The first-order valence-corrected chi connectivity index (χ1v) is 2.99. The van der Waals surface area contributed by atoms with E-state index in [9.17, 15) is 10.1 Å². The predicted octanol–water partition coefficient (Wildman–Crippen LogP) is -1.75. The van der Waals surface area contributed by atoms with E-state index in [1.807, 2.05) is 0 Å². The van der Waals surface area contributed by atoms with Gasteiger partial charge in [-0.25, -0.2) is 10.1 Å². The van der Waals surface area contributed by atoms with Gasteiger partial charge < -0.3 is 0 Å². The van der Waals surface area contributed by atoms with Crippen molar-refractivity contribution in [3.05, 3.63) is 26.5 Å². The molecule has 0 bridgehead atoms. The van der Waals surface area contributed by atoms with Crippen LogP contribution < -0.4 is 10.2 Å². The summed E-state index contributed by atoms with van der Waals surface area (Å²) in [5.74, 6) is 0. The third-order valence-electron chi connectivity index (χ3n) is 0.793. The fraction of sp³-hybridized carbons (Fsp3) is 0. The van der Waals surface area contributed by atoms with Gasteiger partial charge in [0.05, 0.1) is 4.68 Å². The van der Waals surface area contributed by atoms with E-state index in [1.54, 1.807) is 5.38 Å². The third-order valence-corrected chi connectivity index (χ3v) is 1.48. The molecule has 1 heterocycles. The van der Waals surface area contributed by atoms with Crippen molar-refractivity contribution in [3.8, 4) is 0 Å². The van der Waals surface area contributed by atoms with E-state index in [0.29, 0.717) is 0 Å². The van der Waals surface area contributed by atoms with Crippen LogP contribution in [0.15, 0.2) is 11.6 Å². The van der Waals surface area contributed by atoms with E-state index < -0.39 is 5.03 Å². The summed E-state index contributed by atoms with van der Waals surface area (Å²) < 4.78 is 0.769. The summed E-state index contributed by atoms with van der Waals surface area (Å²) in [4.78, 5) is 10.2. The molecule has 48 valence electrons. The van der Waals surface area contributed by atoms with Crippen LogP contribution in [0.1, 0.15) is 0 Å². The summed E-state index contributed by atoms with van der Waals surface area (Å²) in [6, 6.07) is 0. The minimum Gasteiger partial charge on any atom is -0.273 e. The Kier molecular flexibility index (Phi) is 1.31. The highest BCUT2D eigenvalue weighted by Gasteiger charge is 2.09. The summed E-state index contributed by atoms with van der Waals surface area (Å²) >= 11 is 1.13. The van der Waals surface area contributed by atoms with Crippen LogP contribution >= 0.6 is 11.3 Å². The second-order valence-corrected chi connectivity index (χ2v) is 2.25. The van der Waals surface area contributed by atoms with Gasteiger partial charge in [0.25, 0.3) is 5.03 Å². The van der Waals surface area contributed by atoms with Crippen LogP contribution in [-0.4, -0.2) is 9.71 Å². The van der Waals surface area contributed by atoms with Crippen LogP contribution in [0, 0.1) is 10.1 Å². The van der Waals surface area contributed by atoms with Gasteiger partial charge in [-0.2, -0.15) is 0 Å². The predicted molar refractivity (Wildman–Crippen MR) is 29.8 cm³/mol. The zero-order chi connectivity index (χ0) is 6.85. The lowest BCUT2D eigenvalue weighted by Crippen LogP contribution is -2.49. The molecule has 0 atom stereocenters. The van der Waals surface area contributed by atoms with Gasteiger partial charge in [-0.1, -0.05) is 0 Å². The molecule has 0 aromatic carbocycles. The smallest absolute Gasteiger partial charge is 0.273 e. The van der Waals surface area contributed by atoms with E-state index >= 15 is 0 Å². The summed E-state index contributed by atoms with van der Waals surface area (Å²) in [6.45, 7) is 0. The number of nitrogens with zero attached hydrogens (tertiary/aromatic N) is 2. The number of nitro groups is 1. The van der Waals surface area contributed by atoms with Crippen molar-refractivity contribution in [1.29, 1.82) is 0 Å². The lowest BCUT2D eigenvalue weighted by molar-refractivity contribution is -0.551. The maximum atomic E-state index is 9.98. The standard InChI is InChI=1S/C3H3N3O2S/c4-3-5(6(7)8)1-2-9-3/h1-2,4H/p+1. The minimum absolute atomic E-state index is 0.181. The van der Waals surface area contributed by atoms with Gasteiger partial charge in [0.15, 0.2) is 6.20 Å². The molecule has 0 aliphatic heterocycles. The molecule has 0 fully saturated rings. The second kappa shape index (κ2) is 1.98. The van der Waals surface area contributed by atoms with Crippen LogP contribution in [0.4, 0.5) is 0 Å². The van der Waals surface area contributed by atoms with Crippen molar-refractivity contribution in [3.63, 3.8) is 0 Å². The second-order valence-electron chi connectivity index (χ2n) is 1.32. The molecule has 9 heavy (non-hydrogen) atoms. The fourth-order valence-corrected chi connectivity index (χ4v) is 0.971. The maximum Gasteiger partial charge on any atom is 0.397 e. The minimum atomic E-state index is -0.578. The van der Waals surface area contributed by atoms with Crippen molar-refractivity contribution >= 4 is 11.3 Å². The third kappa shape index (κ3) is 0.968. The first-order chi connectivity index (χ1) is 4.22. The van der Waals surface area contributed by atoms with Gasteiger partial charge in [0, 0.05) is 5.38 Å². The number of thiazole rings is 1. The summed E-state index contributed by atoms with van der Waals surface area (Å²) in [6.07, 6.45) is 1.31. The molecule has 1 aromatic rings. The van der Waals surface area contributed by atoms with Crippen molar-refractivity contribution in [2.24, 2.45) is 0 Å². The van der Waals surface area contributed by atoms with Crippen LogP contribution in [0.25, 0.3) is 0 Å². The van der Waals surface area contributed by atoms with Gasteiger partial charge in [-0.15, -0.1) is 0 Å². The largest absolute Gasteiger partial charge is 0.397 e. The highest BCUT2D eigenvalue weighted by atomic mass is 32.1. The lowest BCUT2D eigenvalue weighted by atomic mass is 11.0. The molecular weight excluding hydrogens is 142 g/mol. The molecule has 2 N–H and O–H groups in total. The summed E-state index contributed by atoms with van der Waals surface area (Å²) in [7, 11) is 0. The number of hydrogen-bond acceptors (Lipinski definition) is 3. The molecule has 0 saturated carbocycles. The highest BCUT2D eigenvalue weighted by Crippen LogP contribution is 1.84. The Morgan fingerprint density at radius 3 is 2.78 bits per heavy atom. The van der Waals surface area contributed by atoms with Crippen LogP contribution in [0.2, 0.25) is 0 Å². The van der Waals surface area contributed by atoms with Crippen molar-refractivity contribution in [2.45, 2.75) is 0 Å². The van der Waals surface area contributed by atoms with Crippen molar-refractivity contribution in [2.75, 3.05) is 0 Å². The molecule has 5 nitrogen and oxygen atoms in total. The van der Waals surface area contributed by atoms with E-state index in [1.165, 1.54) is 6.20 Å². The molecule has 0 amide bonds. The van der Waals surface area contributed by atoms with E-state index in [-0.39, 0.29) is 4.80 Å². The topological polar surface area (TPSA) is 73.7 Å². The quantitative estimate of drug-likeness (QED) is 0.377. The van der Waals surface area contributed by atoms with Crippen molar-refractivity contribution in [1.82, 2.24) is 4.68 Å². The first-order valence-electron chi connectivity index (χ1n) is 2.11. The molecule has 0 aliphatic rings. The molecule has 1 rings (SSSR count). The molecular formula is C3H4N3O2S+. The van der Waals surface area contributed by atoms with E-state index in [2.05, 4.69) is 0 Å². The van der Waals surface area contributed by atoms with E-state index in [0.717, 1.165) is 16.0 Å². The highest BCUT2D eigenvalue weighted by molar-refractivity contribution is 7.06. The Balaban J connectivity index is 3.24. The molecule has 6 heteroatoms. The number of rotatable bonds is 1. The Morgan fingerprint density at radius 2 is 2.56 bits per heavy atom. The molecule has 0 aliphatic carbocycles. The monoisotopic (exact) mass is 146 g/mol. The average molecular weight is 146 g/mol. The molecule has 0 radical (unpaired) electrons. The first kappa shape index (κ1) is 5.96. The van der Waals surface area contributed by atoms with Crippen LogP contribution in [0.3, 0.4) is 0 Å². The number of nitrogens with two attached hydrogens (primary N) is 1. The van der Waals surface area contributed by atoms with Gasteiger partial charge in [-0.3, -0.25) is 5.41 Å². The SMILES string of the molecule is [NH2+]=c1sccn1[N+](=O)[O-]. The van der Waals surface area contributed by atoms with Crippen LogP contribution in [-0.2, 0) is 0 Å². The van der Waals surface area contributed by atoms with Crippen molar-refractivity contribution < 1.29 is 10.4 Å². The number of hydrogen-bond donors (Lipinski definition) is 1. The molecule has 0 saturated heterocycles. The normalized spacial score (nSPS) is 9.33. The van der Waals surface area contributed by atoms with E-state index in [4.69, 9.17) is 5.41 Å². The Labute approximate surface area is 53.8 Å². The molecule has 1 aromatic heterocycles. The summed E-state index contributed by atoms with van der Waals surface area (Å²) in [5.41, 5.74) is 0. The zero-order valence-corrected chi connectivity index (χ0v) is 5.17. The number of aromatic nitrogens is 1. The summed E-state index contributed by atoms with van der Waals surface area (Å²) in [5, 5.41) is 16.1. The molecule has 0 unspecified atom stereocenters. The van der Waals surface area contributed by atoms with Gasteiger partial charge in [0.2, 0.25) is 0 Å². The lowest BCUT2D eigenvalue weighted by Gasteiger charge is -1.74.